The summed E-state index contributed by atoms with van der Waals surface area (Å²) in [6.45, 7) is 15.5. The molecule has 3 amide bonds. The van der Waals surface area contributed by atoms with Crippen LogP contribution in [0.4, 0.5) is 4.79 Å². The van der Waals surface area contributed by atoms with Crippen molar-refractivity contribution in [3.63, 3.8) is 0 Å². The lowest BCUT2D eigenvalue weighted by atomic mass is 9.98. The number of nitrogens with zero attached hydrogens (tertiary/aromatic N) is 1. The SMILES string of the molecule is CCCCN(C(=O)CNC(=O)OC(C)(C)C)C(C(=O)NC(C)CCC)c1cc(C)cc(C)c1. The first-order chi connectivity index (χ1) is 15.4. The monoisotopic (exact) mass is 461 g/mol. The minimum absolute atomic E-state index is 0.000998. The zero-order valence-electron chi connectivity index (χ0n) is 21.7. The first-order valence-electron chi connectivity index (χ1n) is 12.0. The van der Waals surface area contributed by atoms with Crippen LogP contribution in [0.5, 0.6) is 0 Å². The largest absolute Gasteiger partial charge is 0.444 e. The number of carbonyl (C=O) groups is 3. The fourth-order valence-corrected chi connectivity index (χ4v) is 3.76. The second-order valence-electron chi connectivity index (χ2n) is 9.82. The first kappa shape index (κ1) is 28.5. The minimum Gasteiger partial charge on any atom is -0.444 e. The van der Waals surface area contributed by atoms with Gasteiger partial charge >= 0.3 is 6.09 Å². The Hall–Kier alpha value is -2.57. The molecule has 0 saturated carbocycles. The first-order valence-corrected chi connectivity index (χ1v) is 12.0. The van der Waals surface area contributed by atoms with Crippen molar-refractivity contribution in [1.29, 1.82) is 0 Å². The normalized spacial score (nSPS) is 13.1. The van der Waals surface area contributed by atoms with E-state index in [0.717, 1.165) is 42.4 Å². The number of hydrogen-bond donors (Lipinski definition) is 2. The molecule has 0 aliphatic carbocycles. The van der Waals surface area contributed by atoms with Crippen molar-refractivity contribution < 1.29 is 19.1 Å². The summed E-state index contributed by atoms with van der Waals surface area (Å²) in [5.74, 6) is -0.528. The molecule has 2 N–H and O–H groups in total. The third-order valence-corrected chi connectivity index (χ3v) is 5.09. The van der Waals surface area contributed by atoms with Crippen molar-refractivity contribution in [2.24, 2.45) is 0 Å². The third-order valence-electron chi connectivity index (χ3n) is 5.09. The Bertz CT molecular complexity index is 781. The molecule has 186 valence electrons. The van der Waals surface area contributed by atoms with Crippen LogP contribution < -0.4 is 10.6 Å². The molecule has 0 fully saturated rings. The van der Waals surface area contributed by atoms with E-state index in [-0.39, 0.29) is 24.4 Å². The van der Waals surface area contributed by atoms with E-state index in [1.807, 2.05) is 45.9 Å². The number of unbranched alkanes of at least 4 members (excludes halogenated alkanes) is 1. The quantitative estimate of drug-likeness (QED) is 0.495. The van der Waals surface area contributed by atoms with Crippen LogP contribution >= 0.6 is 0 Å². The van der Waals surface area contributed by atoms with E-state index in [0.29, 0.717) is 6.54 Å². The molecule has 1 aromatic rings. The number of aryl methyl sites for hydroxylation is 2. The Labute approximate surface area is 199 Å². The Morgan fingerprint density at radius 1 is 1.03 bits per heavy atom. The topological polar surface area (TPSA) is 87.7 Å². The highest BCUT2D eigenvalue weighted by molar-refractivity contribution is 5.90. The molecule has 0 aliphatic heterocycles. The van der Waals surface area contributed by atoms with E-state index >= 15 is 0 Å². The standard InChI is InChI=1S/C26H43N3O4/c1-9-11-13-29(22(30)17-27-25(32)33-26(6,7)8)23(24(31)28-20(5)12-10-2)21-15-18(3)14-19(4)16-21/h14-16,20,23H,9-13,17H2,1-8H3,(H,27,32)(H,28,31). The van der Waals surface area contributed by atoms with Crippen LogP contribution in [-0.4, -0.2) is 47.5 Å². The average Bonchev–Trinajstić information content (AvgIpc) is 2.67. The fraction of sp³-hybridized carbons (Fsp3) is 0.654. The molecule has 0 saturated heterocycles. The predicted octanol–water partition coefficient (Wildman–Crippen LogP) is 4.80. The van der Waals surface area contributed by atoms with Gasteiger partial charge in [0.25, 0.3) is 0 Å². The highest BCUT2D eigenvalue weighted by atomic mass is 16.6. The summed E-state index contributed by atoms with van der Waals surface area (Å²) in [4.78, 5) is 40.4. The van der Waals surface area contributed by atoms with Crippen LogP contribution in [0.25, 0.3) is 0 Å². The second kappa shape index (κ2) is 13.2. The number of alkyl carbamates (subject to hydrolysis) is 1. The number of carbonyl (C=O) groups excluding carboxylic acids is 3. The van der Waals surface area contributed by atoms with Crippen molar-refractivity contribution in [1.82, 2.24) is 15.5 Å². The number of rotatable bonds is 11. The molecule has 0 radical (unpaired) electrons. The van der Waals surface area contributed by atoms with Crippen molar-refractivity contribution >= 4 is 17.9 Å². The Morgan fingerprint density at radius 3 is 2.15 bits per heavy atom. The number of amides is 3. The van der Waals surface area contributed by atoms with Gasteiger partial charge in [-0.2, -0.15) is 0 Å². The van der Waals surface area contributed by atoms with Crippen LogP contribution in [-0.2, 0) is 14.3 Å². The summed E-state index contributed by atoms with van der Waals surface area (Å²) in [6.07, 6.45) is 2.77. The van der Waals surface area contributed by atoms with Crippen LogP contribution in [0.2, 0.25) is 0 Å². The van der Waals surface area contributed by atoms with E-state index in [1.165, 1.54) is 0 Å². The average molecular weight is 462 g/mol. The molecule has 0 aliphatic rings. The molecule has 7 nitrogen and oxygen atoms in total. The summed E-state index contributed by atoms with van der Waals surface area (Å²) in [5.41, 5.74) is 2.17. The molecule has 0 heterocycles. The maximum absolute atomic E-state index is 13.5. The van der Waals surface area contributed by atoms with Gasteiger partial charge < -0.3 is 20.3 Å². The zero-order valence-corrected chi connectivity index (χ0v) is 21.7. The van der Waals surface area contributed by atoms with Gasteiger partial charge in [-0.25, -0.2) is 4.79 Å². The molecular formula is C26H43N3O4. The highest BCUT2D eigenvalue weighted by Gasteiger charge is 2.32. The molecule has 1 aromatic carbocycles. The van der Waals surface area contributed by atoms with Gasteiger partial charge in [-0.15, -0.1) is 0 Å². The van der Waals surface area contributed by atoms with Crippen LogP contribution in [0.1, 0.15) is 90.0 Å². The van der Waals surface area contributed by atoms with Gasteiger partial charge in [-0.3, -0.25) is 9.59 Å². The molecule has 0 aromatic heterocycles. The van der Waals surface area contributed by atoms with E-state index in [9.17, 15) is 14.4 Å². The number of benzene rings is 1. The van der Waals surface area contributed by atoms with Gasteiger partial charge in [-0.05, 0) is 59.9 Å². The molecule has 1 rings (SSSR count). The Kier molecular flexibility index (Phi) is 11.4. The molecule has 2 unspecified atom stereocenters. The van der Waals surface area contributed by atoms with Gasteiger partial charge in [0.2, 0.25) is 11.8 Å². The number of nitrogens with one attached hydrogen (secondary N) is 2. The summed E-state index contributed by atoms with van der Waals surface area (Å²) in [5, 5.41) is 5.62. The van der Waals surface area contributed by atoms with Gasteiger partial charge in [0, 0.05) is 12.6 Å². The third kappa shape index (κ3) is 10.3. The van der Waals surface area contributed by atoms with Crippen LogP contribution in [0.15, 0.2) is 18.2 Å². The minimum atomic E-state index is -0.776. The lowest BCUT2D eigenvalue weighted by Gasteiger charge is -2.33. The summed E-state index contributed by atoms with van der Waals surface area (Å²) < 4.78 is 5.25. The molecule has 33 heavy (non-hydrogen) atoms. The van der Waals surface area contributed by atoms with Crippen molar-refractivity contribution in [3.8, 4) is 0 Å². The van der Waals surface area contributed by atoms with Crippen molar-refractivity contribution in [2.75, 3.05) is 13.1 Å². The smallest absolute Gasteiger partial charge is 0.408 e. The lowest BCUT2D eigenvalue weighted by molar-refractivity contribution is -0.140. The molecule has 0 spiro atoms. The number of hydrogen-bond acceptors (Lipinski definition) is 4. The predicted molar refractivity (Wildman–Crippen MR) is 132 cm³/mol. The summed E-state index contributed by atoms with van der Waals surface area (Å²) in [7, 11) is 0. The van der Waals surface area contributed by atoms with Crippen LogP contribution in [0, 0.1) is 13.8 Å². The fourth-order valence-electron chi connectivity index (χ4n) is 3.76. The van der Waals surface area contributed by atoms with Crippen molar-refractivity contribution in [3.05, 3.63) is 34.9 Å². The van der Waals surface area contributed by atoms with Gasteiger partial charge in [0.15, 0.2) is 0 Å². The van der Waals surface area contributed by atoms with E-state index < -0.39 is 17.7 Å². The van der Waals surface area contributed by atoms with Gasteiger partial charge in [-0.1, -0.05) is 56.0 Å². The van der Waals surface area contributed by atoms with Crippen LogP contribution in [0.3, 0.4) is 0 Å². The van der Waals surface area contributed by atoms with E-state index in [2.05, 4.69) is 17.6 Å². The maximum atomic E-state index is 13.5. The zero-order chi connectivity index (χ0) is 25.2. The van der Waals surface area contributed by atoms with Gasteiger partial charge in [0.05, 0.1) is 0 Å². The van der Waals surface area contributed by atoms with Crippen molar-refractivity contribution in [2.45, 2.75) is 98.8 Å². The molecular weight excluding hydrogens is 418 g/mol. The molecule has 0 bridgehead atoms. The van der Waals surface area contributed by atoms with E-state index in [4.69, 9.17) is 4.74 Å². The molecule has 7 heteroatoms. The Morgan fingerprint density at radius 2 is 1.64 bits per heavy atom. The lowest BCUT2D eigenvalue weighted by Crippen LogP contribution is -2.49. The number of ether oxygens (including phenoxy) is 1. The molecule has 2 atom stereocenters. The van der Waals surface area contributed by atoms with Gasteiger partial charge in [0.1, 0.15) is 18.2 Å². The summed E-state index contributed by atoms with van der Waals surface area (Å²) in [6, 6.07) is 5.17. The second-order valence-corrected chi connectivity index (χ2v) is 9.82. The maximum Gasteiger partial charge on any atom is 0.408 e. The highest BCUT2D eigenvalue weighted by Crippen LogP contribution is 2.25. The Balaban J connectivity index is 3.25. The summed E-state index contributed by atoms with van der Waals surface area (Å²) >= 11 is 0. The van der Waals surface area contributed by atoms with E-state index in [1.54, 1.807) is 25.7 Å².